The van der Waals surface area contributed by atoms with E-state index in [1.807, 2.05) is 48.5 Å². The quantitative estimate of drug-likeness (QED) is 0.190. The van der Waals surface area contributed by atoms with Crippen LogP contribution in [0.5, 0.6) is 0 Å². The summed E-state index contributed by atoms with van der Waals surface area (Å²) in [5.74, 6) is 0. The van der Waals surface area contributed by atoms with Gasteiger partial charge in [-0.2, -0.15) is 8.42 Å². The molecule has 35 heavy (non-hydrogen) atoms. The minimum atomic E-state index is -0.750. The molecular formula is C24H28N8O2S. The standard InChI is InChI=1S/2C12H14N4.O2S/c2*13-9-3-1-7(5-11(9)15)8-2-4-10(14)12(16)6-8;1-3-2/h2*1-6H,13-16H2;. The maximum atomic E-state index is 8.29. The molecule has 4 aromatic rings. The highest BCUT2D eigenvalue weighted by Crippen LogP contribution is 2.29. The lowest BCUT2D eigenvalue weighted by molar-refractivity contribution is 0.630. The first-order chi connectivity index (χ1) is 16.6. The van der Waals surface area contributed by atoms with Crippen molar-refractivity contribution in [1.29, 1.82) is 0 Å². The zero-order valence-corrected chi connectivity index (χ0v) is 19.6. The van der Waals surface area contributed by atoms with E-state index in [9.17, 15) is 0 Å². The highest BCUT2D eigenvalue weighted by Gasteiger charge is 2.04. The fourth-order valence-electron chi connectivity index (χ4n) is 3.02. The van der Waals surface area contributed by atoms with Crippen LogP contribution >= 0.6 is 0 Å². The molecule has 0 fully saturated rings. The first-order valence-corrected chi connectivity index (χ1v) is 10.8. The zero-order chi connectivity index (χ0) is 26.1. The topological polar surface area (TPSA) is 242 Å². The van der Waals surface area contributed by atoms with Gasteiger partial charge in [0, 0.05) is 0 Å². The van der Waals surface area contributed by atoms with Crippen LogP contribution < -0.4 is 45.9 Å². The maximum Gasteiger partial charge on any atom is 0.335 e. The van der Waals surface area contributed by atoms with E-state index in [2.05, 4.69) is 0 Å². The van der Waals surface area contributed by atoms with Gasteiger partial charge in [-0.25, -0.2) is 0 Å². The predicted molar refractivity (Wildman–Crippen MR) is 148 cm³/mol. The van der Waals surface area contributed by atoms with Gasteiger partial charge in [-0.3, -0.25) is 0 Å². The second-order valence-corrected chi connectivity index (χ2v) is 7.58. The molecule has 0 heterocycles. The highest BCUT2D eigenvalue weighted by molar-refractivity contribution is 7.51. The van der Waals surface area contributed by atoms with Crippen LogP contribution in [0.25, 0.3) is 22.3 Å². The second kappa shape index (κ2) is 11.8. The largest absolute Gasteiger partial charge is 0.397 e. The lowest BCUT2D eigenvalue weighted by Crippen LogP contribution is -1.96. The monoisotopic (exact) mass is 492 g/mol. The molecule has 4 rings (SSSR count). The molecule has 0 aliphatic carbocycles. The van der Waals surface area contributed by atoms with Crippen LogP contribution in [0, 0.1) is 0 Å². The van der Waals surface area contributed by atoms with Gasteiger partial charge in [0.05, 0.1) is 45.5 Å². The Balaban J connectivity index is 0.000000222. The minimum absolute atomic E-state index is 0.563. The van der Waals surface area contributed by atoms with E-state index in [4.69, 9.17) is 54.3 Å². The van der Waals surface area contributed by atoms with E-state index in [-0.39, 0.29) is 0 Å². The molecule has 4 aromatic carbocycles. The lowest BCUT2D eigenvalue weighted by Gasteiger charge is -2.07. The molecule has 0 aliphatic heterocycles. The first kappa shape index (κ1) is 26.4. The molecule has 10 nitrogen and oxygen atoms in total. The van der Waals surface area contributed by atoms with Crippen LogP contribution in [-0.4, -0.2) is 8.42 Å². The number of nitrogens with two attached hydrogens (primary N) is 8. The van der Waals surface area contributed by atoms with Crippen molar-refractivity contribution in [2.24, 2.45) is 0 Å². The van der Waals surface area contributed by atoms with Gasteiger partial charge in [-0.15, -0.1) is 0 Å². The second-order valence-electron chi connectivity index (χ2n) is 7.44. The lowest BCUT2D eigenvalue weighted by atomic mass is 10.0. The summed E-state index contributed by atoms with van der Waals surface area (Å²) in [5, 5.41) is 0. The Kier molecular flexibility index (Phi) is 8.90. The zero-order valence-electron chi connectivity index (χ0n) is 18.8. The third kappa shape index (κ3) is 7.04. The number of nitrogen functional groups attached to an aromatic ring is 8. The summed E-state index contributed by atoms with van der Waals surface area (Å²) < 4.78 is 16.6. The Morgan fingerprint density at radius 1 is 0.343 bits per heavy atom. The SMILES string of the molecule is Nc1ccc(-c2ccc(N)c(N)c2)cc1N.Nc1ccc(-c2ccc(N)c(N)c2)cc1N.O=S=O. The molecule has 0 atom stereocenters. The molecule has 0 amide bonds. The van der Waals surface area contributed by atoms with E-state index >= 15 is 0 Å². The smallest absolute Gasteiger partial charge is 0.335 e. The number of rotatable bonds is 2. The molecule has 16 N–H and O–H groups in total. The van der Waals surface area contributed by atoms with Gasteiger partial charge < -0.3 is 45.9 Å². The fraction of sp³-hybridized carbons (Fsp3) is 0. The summed E-state index contributed by atoms with van der Waals surface area (Å²) in [7, 11) is 0. The van der Waals surface area contributed by atoms with E-state index in [0.29, 0.717) is 45.5 Å². The van der Waals surface area contributed by atoms with Crippen molar-refractivity contribution in [3.63, 3.8) is 0 Å². The van der Waals surface area contributed by atoms with Gasteiger partial charge in [-0.05, 0) is 70.8 Å². The molecule has 0 aliphatic rings. The van der Waals surface area contributed by atoms with Gasteiger partial charge in [-0.1, -0.05) is 24.3 Å². The number of hydrogen-bond acceptors (Lipinski definition) is 10. The van der Waals surface area contributed by atoms with Crippen molar-refractivity contribution in [2.45, 2.75) is 0 Å². The van der Waals surface area contributed by atoms with E-state index < -0.39 is 11.6 Å². The number of anilines is 8. The Morgan fingerprint density at radius 2 is 0.514 bits per heavy atom. The molecular weight excluding hydrogens is 464 g/mol. The third-order valence-electron chi connectivity index (χ3n) is 5.01. The number of hydrogen-bond donors (Lipinski definition) is 8. The molecule has 0 radical (unpaired) electrons. The van der Waals surface area contributed by atoms with Crippen molar-refractivity contribution in [1.82, 2.24) is 0 Å². The summed E-state index contributed by atoms with van der Waals surface area (Å²) in [6.07, 6.45) is 0. The van der Waals surface area contributed by atoms with Gasteiger partial charge >= 0.3 is 11.6 Å². The first-order valence-electron chi connectivity index (χ1n) is 10.1. The van der Waals surface area contributed by atoms with Crippen LogP contribution in [0.1, 0.15) is 0 Å². The van der Waals surface area contributed by atoms with Crippen LogP contribution in [0.15, 0.2) is 72.8 Å². The van der Waals surface area contributed by atoms with Gasteiger partial charge in [0.15, 0.2) is 0 Å². The summed E-state index contributed by atoms with van der Waals surface area (Å²) in [5.41, 5.74) is 54.0. The van der Waals surface area contributed by atoms with Crippen molar-refractivity contribution >= 4 is 57.1 Å². The molecule has 0 saturated carbocycles. The average molecular weight is 493 g/mol. The van der Waals surface area contributed by atoms with Crippen molar-refractivity contribution in [2.75, 3.05) is 45.9 Å². The Morgan fingerprint density at radius 3 is 0.657 bits per heavy atom. The minimum Gasteiger partial charge on any atom is -0.397 e. The Labute approximate surface area is 206 Å². The van der Waals surface area contributed by atoms with Crippen LogP contribution in [0.4, 0.5) is 45.5 Å². The maximum absolute atomic E-state index is 8.29. The molecule has 0 unspecified atom stereocenters. The highest BCUT2D eigenvalue weighted by atomic mass is 32.1. The van der Waals surface area contributed by atoms with Crippen LogP contribution in [0.2, 0.25) is 0 Å². The van der Waals surface area contributed by atoms with Gasteiger partial charge in [0.1, 0.15) is 0 Å². The van der Waals surface area contributed by atoms with Gasteiger partial charge in [0.2, 0.25) is 0 Å². The van der Waals surface area contributed by atoms with Crippen molar-refractivity contribution in [3.05, 3.63) is 72.8 Å². The Hall–Kier alpha value is -4.90. The Bertz CT molecular complexity index is 1170. The molecule has 0 aromatic heterocycles. The molecule has 0 spiro atoms. The van der Waals surface area contributed by atoms with Crippen molar-refractivity contribution in [3.8, 4) is 22.3 Å². The van der Waals surface area contributed by atoms with Crippen molar-refractivity contribution < 1.29 is 8.42 Å². The summed E-state index contributed by atoms with van der Waals surface area (Å²) in [6, 6.07) is 22.0. The van der Waals surface area contributed by atoms with E-state index in [0.717, 1.165) is 22.3 Å². The molecule has 182 valence electrons. The summed E-state index contributed by atoms with van der Waals surface area (Å²) in [4.78, 5) is 0. The third-order valence-corrected chi connectivity index (χ3v) is 5.01. The van der Waals surface area contributed by atoms with Crippen LogP contribution in [-0.2, 0) is 11.6 Å². The molecule has 0 saturated heterocycles. The normalized spacial score (nSPS) is 9.71. The average Bonchev–Trinajstić information content (AvgIpc) is 2.82. The molecule has 0 bridgehead atoms. The summed E-state index contributed by atoms with van der Waals surface area (Å²) >= 11 is -0.750. The van der Waals surface area contributed by atoms with E-state index in [1.165, 1.54) is 0 Å². The summed E-state index contributed by atoms with van der Waals surface area (Å²) in [6.45, 7) is 0. The fourth-order valence-corrected chi connectivity index (χ4v) is 3.02. The van der Waals surface area contributed by atoms with E-state index in [1.54, 1.807) is 24.3 Å². The molecule has 11 heteroatoms. The number of benzene rings is 4. The van der Waals surface area contributed by atoms with Gasteiger partial charge in [0.25, 0.3) is 0 Å². The van der Waals surface area contributed by atoms with Crippen LogP contribution in [0.3, 0.4) is 0 Å². The predicted octanol–water partition coefficient (Wildman–Crippen LogP) is 2.69.